The number of esters is 2. The van der Waals surface area contributed by atoms with Gasteiger partial charge in [0, 0.05) is 31.6 Å². The predicted molar refractivity (Wildman–Crippen MR) is 158 cm³/mol. The lowest BCUT2D eigenvalue weighted by atomic mass is 9.42. The van der Waals surface area contributed by atoms with Crippen LogP contribution in [-0.4, -0.2) is 90.6 Å². The molecule has 1 unspecified atom stereocenters. The van der Waals surface area contributed by atoms with E-state index in [4.69, 9.17) is 33.2 Å². The first-order chi connectivity index (χ1) is 21.2. The van der Waals surface area contributed by atoms with Crippen LogP contribution in [0.25, 0.3) is 0 Å². The second kappa shape index (κ2) is 9.77. The Balaban J connectivity index is 1.42. The zero-order valence-electron chi connectivity index (χ0n) is 26.1. The van der Waals surface area contributed by atoms with Gasteiger partial charge in [0.05, 0.1) is 52.6 Å². The molecule has 0 amide bonds. The molecule has 3 saturated heterocycles. The van der Waals surface area contributed by atoms with Gasteiger partial charge in [-0.3, -0.25) is 9.69 Å². The fraction of sp³-hybridized carbons (Fsp3) is 0.515. The van der Waals surface area contributed by atoms with Crippen LogP contribution in [0.4, 0.5) is 5.69 Å². The lowest BCUT2D eigenvalue weighted by Gasteiger charge is -2.65. The number of likely N-dealkylation sites (N-methyl/N-ethyl adjacent to an activating group) is 1. The predicted octanol–water partition coefficient (Wildman–Crippen LogP) is 3.53. The summed E-state index contributed by atoms with van der Waals surface area (Å²) in [5.74, 6) is 0.381. The Labute approximate surface area is 256 Å². The molecule has 1 saturated carbocycles. The zero-order chi connectivity index (χ0) is 31.2. The molecule has 0 aromatic heterocycles. The maximum absolute atomic E-state index is 14.6. The highest BCUT2D eigenvalue weighted by Crippen LogP contribution is 2.78. The van der Waals surface area contributed by atoms with Gasteiger partial charge in [-0.05, 0) is 49.2 Å². The smallest absolute Gasteiger partial charge is 0.338 e. The van der Waals surface area contributed by atoms with Gasteiger partial charge in [-0.15, -0.1) is 0 Å². The number of fused-ring (bicyclic) bond motifs is 4. The number of carbonyl (C=O) groups is 2. The van der Waals surface area contributed by atoms with Crippen LogP contribution < -0.4 is 23.8 Å². The summed E-state index contributed by atoms with van der Waals surface area (Å²) < 4.78 is 41.1. The van der Waals surface area contributed by atoms with Gasteiger partial charge < -0.3 is 38.1 Å². The summed E-state index contributed by atoms with van der Waals surface area (Å²) in [6.45, 7) is 2.45. The van der Waals surface area contributed by atoms with Crippen molar-refractivity contribution in [1.82, 2.24) is 4.90 Å². The fourth-order valence-corrected chi connectivity index (χ4v) is 9.37. The Hall–Kier alpha value is -3.96. The molecule has 6 atom stereocenters. The molecule has 4 heterocycles. The third kappa shape index (κ3) is 3.13. The van der Waals surface area contributed by atoms with Crippen molar-refractivity contribution < 1.29 is 42.7 Å². The molecule has 11 heteroatoms. The zero-order valence-corrected chi connectivity index (χ0v) is 26.1. The Morgan fingerprint density at radius 3 is 2.36 bits per heavy atom. The van der Waals surface area contributed by atoms with Crippen LogP contribution in [0.2, 0.25) is 0 Å². The van der Waals surface area contributed by atoms with Crippen LogP contribution in [0.3, 0.4) is 0 Å². The molecular formula is C33H38N2O9. The molecule has 2 aromatic rings. The highest BCUT2D eigenvalue weighted by Gasteiger charge is 2.88. The topological polar surface area (TPSA) is 105 Å². The average molecular weight is 607 g/mol. The van der Waals surface area contributed by atoms with E-state index in [1.54, 1.807) is 19.2 Å². The lowest BCUT2D eigenvalue weighted by molar-refractivity contribution is -0.194. The summed E-state index contributed by atoms with van der Waals surface area (Å²) in [4.78, 5) is 33.1. The van der Waals surface area contributed by atoms with Crippen molar-refractivity contribution in [3.8, 4) is 23.0 Å². The number of carbonyl (C=O) groups excluding carboxylic acids is 2. The largest absolute Gasteiger partial charge is 0.497 e. The lowest BCUT2D eigenvalue weighted by Crippen LogP contribution is -2.80. The van der Waals surface area contributed by atoms with E-state index in [1.807, 2.05) is 32.2 Å². The summed E-state index contributed by atoms with van der Waals surface area (Å²) in [7, 11) is 9.54. The van der Waals surface area contributed by atoms with E-state index in [0.717, 1.165) is 16.8 Å². The molecule has 44 heavy (non-hydrogen) atoms. The molecule has 5 aliphatic rings. The van der Waals surface area contributed by atoms with Crippen molar-refractivity contribution in [2.75, 3.05) is 60.6 Å². The molecule has 4 aliphatic heterocycles. The number of piperidine rings is 2. The third-order valence-electron chi connectivity index (χ3n) is 11.0. The number of hydrogen-bond acceptors (Lipinski definition) is 11. The van der Waals surface area contributed by atoms with E-state index >= 15 is 0 Å². The first-order valence-electron chi connectivity index (χ1n) is 14.8. The minimum Gasteiger partial charge on any atom is -0.497 e. The monoisotopic (exact) mass is 606 g/mol. The molecule has 4 bridgehead atoms. The molecule has 0 radical (unpaired) electrons. The molecule has 0 N–H and O–H groups in total. The number of rotatable bonds is 8. The fourth-order valence-electron chi connectivity index (χ4n) is 9.37. The normalized spacial score (nSPS) is 33.2. The summed E-state index contributed by atoms with van der Waals surface area (Å²) in [6, 6.07) is 9.10. The van der Waals surface area contributed by atoms with Gasteiger partial charge in [-0.1, -0.05) is 11.6 Å². The second-order valence-electron chi connectivity index (χ2n) is 12.1. The molecule has 11 nitrogen and oxygen atoms in total. The molecular weight excluding hydrogens is 568 g/mol. The van der Waals surface area contributed by atoms with E-state index in [-0.39, 0.29) is 30.4 Å². The van der Waals surface area contributed by atoms with Gasteiger partial charge in [0.1, 0.15) is 24.0 Å². The van der Waals surface area contributed by atoms with Crippen molar-refractivity contribution in [2.45, 2.75) is 43.2 Å². The molecule has 4 fully saturated rings. The van der Waals surface area contributed by atoms with E-state index in [2.05, 4.69) is 15.9 Å². The molecule has 2 aromatic carbocycles. The Morgan fingerprint density at radius 1 is 1.02 bits per heavy atom. The minimum absolute atomic E-state index is 0.0296. The highest BCUT2D eigenvalue weighted by molar-refractivity contribution is 5.92. The van der Waals surface area contributed by atoms with Crippen molar-refractivity contribution in [1.29, 1.82) is 0 Å². The average Bonchev–Trinajstić information content (AvgIpc) is 3.67. The maximum Gasteiger partial charge on any atom is 0.338 e. The van der Waals surface area contributed by atoms with Crippen molar-refractivity contribution in [2.24, 2.45) is 11.3 Å². The standard InChI is InChI=1S/C33H38N2O9/c1-8-18-16-35-26-14-21(18)31(30(37)42-7,17-43-29(36)19-11-24(39-4)28(41-6)25(12-19)40-5)32-15-27(35)44-33(26,32)34(2)23-10-9-20(38-3)13-22(23)32/h8-13,21,26-27H,14-17H2,1-7H3/b18-8-/t21-,26+,27-,31?,32+,33+/m1/s1. The van der Waals surface area contributed by atoms with Crippen molar-refractivity contribution in [3.63, 3.8) is 0 Å². The van der Waals surface area contributed by atoms with Crippen LogP contribution in [-0.2, 0) is 24.4 Å². The maximum atomic E-state index is 14.6. The Bertz CT molecular complexity index is 1570. The molecule has 1 aliphatic carbocycles. The van der Waals surface area contributed by atoms with Gasteiger partial charge in [0.2, 0.25) is 5.75 Å². The van der Waals surface area contributed by atoms with Crippen LogP contribution in [0, 0.1) is 11.3 Å². The first-order valence-corrected chi connectivity index (χ1v) is 14.8. The molecule has 234 valence electrons. The SMILES string of the molecule is C/C=C1/CN2[C@H]3C[C@H]1C(COC(=O)c1cc(OC)c(OC)c(OC)c1)(C(=O)OC)[C@@]14C[C@H]2O[C@@]31N(C)c1ccc(OC)cc14. The Morgan fingerprint density at radius 2 is 1.75 bits per heavy atom. The van der Waals surface area contributed by atoms with Gasteiger partial charge in [-0.2, -0.15) is 0 Å². The molecule has 7 rings (SSSR count). The summed E-state index contributed by atoms with van der Waals surface area (Å²) in [5.41, 5.74) is 0.158. The first kappa shape index (κ1) is 28.8. The van der Waals surface area contributed by atoms with Crippen LogP contribution in [0.15, 0.2) is 42.0 Å². The van der Waals surface area contributed by atoms with Crippen LogP contribution >= 0.6 is 0 Å². The number of anilines is 1. The Kier molecular flexibility index (Phi) is 6.39. The summed E-state index contributed by atoms with van der Waals surface area (Å²) in [6.07, 6.45) is 3.07. The van der Waals surface area contributed by atoms with E-state index in [9.17, 15) is 9.59 Å². The third-order valence-corrected chi connectivity index (χ3v) is 11.0. The van der Waals surface area contributed by atoms with E-state index in [0.29, 0.717) is 42.4 Å². The number of benzene rings is 2. The number of nitrogens with zero attached hydrogens (tertiary/aromatic N) is 2. The number of methoxy groups -OCH3 is 5. The molecule has 1 spiro atoms. The summed E-state index contributed by atoms with van der Waals surface area (Å²) in [5, 5.41) is 0. The number of allylic oxidation sites excluding steroid dienone is 1. The van der Waals surface area contributed by atoms with Crippen LogP contribution in [0.5, 0.6) is 23.0 Å². The summed E-state index contributed by atoms with van der Waals surface area (Å²) >= 11 is 0. The van der Waals surface area contributed by atoms with Gasteiger partial charge in [0.25, 0.3) is 0 Å². The quantitative estimate of drug-likeness (QED) is 0.326. The van der Waals surface area contributed by atoms with Gasteiger partial charge in [0.15, 0.2) is 17.2 Å². The highest BCUT2D eigenvalue weighted by atomic mass is 16.6. The van der Waals surface area contributed by atoms with Gasteiger partial charge >= 0.3 is 11.9 Å². The van der Waals surface area contributed by atoms with E-state index < -0.39 is 28.5 Å². The van der Waals surface area contributed by atoms with Crippen LogP contribution in [0.1, 0.15) is 35.7 Å². The van der Waals surface area contributed by atoms with Crippen molar-refractivity contribution >= 4 is 17.6 Å². The van der Waals surface area contributed by atoms with Crippen molar-refractivity contribution in [3.05, 3.63) is 53.1 Å². The number of ether oxygens (including phenoxy) is 7. The number of hydrogen-bond donors (Lipinski definition) is 0. The minimum atomic E-state index is -1.30. The van der Waals surface area contributed by atoms with Gasteiger partial charge in [-0.25, -0.2) is 4.79 Å². The van der Waals surface area contributed by atoms with E-state index in [1.165, 1.54) is 28.4 Å². The second-order valence-corrected chi connectivity index (χ2v) is 12.1.